The molecule has 0 fully saturated rings. The minimum absolute atomic E-state index is 0.230. The van der Waals surface area contributed by atoms with Gasteiger partial charge in [0.2, 0.25) is 0 Å². The number of nitrogens with zero attached hydrogens (tertiary/aromatic N) is 1. The summed E-state index contributed by atoms with van der Waals surface area (Å²) in [5.41, 5.74) is 7.26. The van der Waals surface area contributed by atoms with Crippen LogP contribution in [-0.2, 0) is 13.0 Å². The number of nitrogens with two attached hydrogens (primary N) is 1. The molecular weight excluding hydrogens is 277 g/mol. The summed E-state index contributed by atoms with van der Waals surface area (Å²) in [7, 11) is 0. The van der Waals surface area contributed by atoms with Crippen molar-refractivity contribution in [2.45, 2.75) is 19.9 Å². The monoisotopic (exact) mass is 293 g/mol. The number of carbonyl (C=O) groups excluding carboxylic acids is 1. The number of hydrogen-bond acceptors (Lipinski definition) is 4. The van der Waals surface area contributed by atoms with Gasteiger partial charge in [-0.05, 0) is 30.7 Å². The van der Waals surface area contributed by atoms with Gasteiger partial charge < -0.3 is 11.1 Å². The lowest BCUT2D eigenvalue weighted by molar-refractivity contribution is 0.0946. The van der Waals surface area contributed by atoms with Crippen LogP contribution in [-0.4, -0.2) is 17.4 Å². The molecule has 1 amide bonds. The van der Waals surface area contributed by atoms with Crippen molar-refractivity contribution < 1.29 is 9.18 Å². The Morgan fingerprint density at radius 2 is 2.30 bits per heavy atom. The second-order valence-electron chi connectivity index (χ2n) is 4.43. The van der Waals surface area contributed by atoms with Crippen molar-refractivity contribution in [3.8, 4) is 0 Å². The van der Waals surface area contributed by atoms with Gasteiger partial charge in [-0.15, -0.1) is 11.3 Å². The van der Waals surface area contributed by atoms with Crippen molar-refractivity contribution in [2.75, 3.05) is 6.54 Å². The predicted octanol–water partition coefficient (Wildman–Crippen LogP) is 2.02. The zero-order valence-corrected chi connectivity index (χ0v) is 12.0. The van der Waals surface area contributed by atoms with E-state index in [0.29, 0.717) is 30.8 Å². The number of hydrogen-bond donors (Lipinski definition) is 2. The van der Waals surface area contributed by atoms with Gasteiger partial charge in [0.05, 0.1) is 5.01 Å². The highest BCUT2D eigenvalue weighted by molar-refractivity contribution is 7.09. The Kier molecular flexibility index (Phi) is 4.81. The highest BCUT2D eigenvalue weighted by Gasteiger charge is 2.10. The molecule has 6 heteroatoms. The van der Waals surface area contributed by atoms with E-state index < -0.39 is 0 Å². The van der Waals surface area contributed by atoms with Crippen LogP contribution in [0.15, 0.2) is 23.6 Å². The first-order chi connectivity index (χ1) is 9.60. The fourth-order valence-electron chi connectivity index (χ4n) is 1.74. The van der Waals surface area contributed by atoms with Crippen LogP contribution >= 0.6 is 11.3 Å². The molecule has 0 spiro atoms. The molecular formula is C14H16FN3OS. The van der Waals surface area contributed by atoms with Gasteiger partial charge in [-0.1, -0.05) is 12.1 Å². The Labute approximate surface area is 120 Å². The maximum absolute atomic E-state index is 13.1. The summed E-state index contributed by atoms with van der Waals surface area (Å²) < 4.78 is 13.1. The third-order valence-corrected chi connectivity index (χ3v) is 3.73. The van der Waals surface area contributed by atoms with Gasteiger partial charge in [0.15, 0.2) is 0 Å². The van der Waals surface area contributed by atoms with Gasteiger partial charge in [0.1, 0.15) is 11.5 Å². The van der Waals surface area contributed by atoms with Crippen LogP contribution in [0.5, 0.6) is 0 Å². The normalized spacial score (nSPS) is 10.6. The first kappa shape index (κ1) is 14.6. The highest BCUT2D eigenvalue weighted by atomic mass is 32.1. The summed E-state index contributed by atoms with van der Waals surface area (Å²) >= 11 is 1.43. The van der Waals surface area contributed by atoms with Gasteiger partial charge in [-0.3, -0.25) is 4.79 Å². The number of carbonyl (C=O) groups is 1. The van der Waals surface area contributed by atoms with Crippen LogP contribution in [0.25, 0.3) is 0 Å². The van der Waals surface area contributed by atoms with Gasteiger partial charge in [-0.25, -0.2) is 9.37 Å². The Hall–Kier alpha value is -1.79. The molecule has 4 nitrogen and oxygen atoms in total. The molecule has 0 aliphatic heterocycles. The number of aromatic nitrogens is 1. The first-order valence-corrected chi connectivity index (χ1v) is 7.16. The van der Waals surface area contributed by atoms with Crippen LogP contribution in [0, 0.1) is 12.7 Å². The molecule has 0 saturated heterocycles. The molecule has 0 saturated carbocycles. The first-order valence-electron chi connectivity index (χ1n) is 6.28. The number of benzene rings is 1. The molecule has 1 heterocycles. The minimum atomic E-state index is -0.244. The SMILES string of the molecule is Cc1cc(CNC(=O)c2csc(CCN)n2)ccc1F. The van der Waals surface area contributed by atoms with Crippen LogP contribution in [0.2, 0.25) is 0 Å². The molecule has 0 radical (unpaired) electrons. The van der Waals surface area contributed by atoms with E-state index in [0.717, 1.165) is 10.6 Å². The fourth-order valence-corrected chi connectivity index (χ4v) is 2.54. The molecule has 1 aromatic carbocycles. The zero-order valence-electron chi connectivity index (χ0n) is 11.1. The van der Waals surface area contributed by atoms with Crippen molar-refractivity contribution in [3.05, 3.63) is 51.2 Å². The van der Waals surface area contributed by atoms with E-state index >= 15 is 0 Å². The maximum atomic E-state index is 13.1. The Bertz CT molecular complexity index is 612. The standard InChI is InChI=1S/C14H16FN3OS/c1-9-6-10(2-3-11(9)15)7-17-14(19)12-8-20-13(18-12)4-5-16/h2-3,6,8H,4-5,7,16H2,1H3,(H,17,19). The van der Waals surface area contributed by atoms with E-state index in [4.69, 9.17) is 5.73 Å². The highest BCUT2D eigenvalue weighted by Crippen LogP contribution is 2.11. The predicted molar refractivity (Wildman–Crippen MR) is 77.2 cm³/mol. The number of nitrogens with one attached hydrogen (secondary N) is 1. The third kappa shape index (κ3) is 3.61. The number of amides is 1. The van der Waals surface area contributed by atoms with Crippen LogP contribution in [0.3, 0.4) is 0 Å². The number of rotatable bonds is 5. The van der Waals surface area contributed by atoms with Gasteiger partial charge in [0.25, 0.3) is 5.91 Å². The lowest BCUT2D eigenvalue weighted by Crippen LogP contribution is -2.23. The lowest BCUT2D eigenvalue weighted by Gasteiger charge is -2.05. The Morgan fingerprint density at radius 1 is 1.50 bits per heavy atom. The van der Waals surface area contributed by atoms with Crippen LogP contribution in [0.1, 0.15) is 26.6 Å². The molecule has 3 N–H and O–H groups in total. The number of halogens is 1. The second kappa shape index (κ2) is 6.58. The van der Waals surface area contributed by atoms with E-state index in [2.05, 4.69) is 10.3 Å². The fraction of sp³-hybridized carbons (Fsp3) is 0.286. The summed E-state index contributed by atoms with van der Waals surface area (Å²) in [6.45, 7) is 2.56. The second-order valence-corrected chi connectivity index (χ2v) is 5.37. The molecule has 1 aromatic heterocycles. The van der Waals surface area contributed by atoms with Crippen LogP contribution in [0.4, 0.5) is 4.39 Å². The topological polar surface area (TPSA) is 68.0 Å². The van der Waals surface area contributed by atoms with E-state index in [1.807, 2.05) is 0 Å². The molecule has 2 rings (SSSR count). The minimum Gasteiger partial charge on any atom is -0.347 e. The molecule has 106 valence electrons. The summed E-state index contributed by atoms with van der Waals surface area (Å²) in [5, 5.41) is 5.34. The van der Waals surface area contributed by atoms with E-state index in [1.165, 1.54) is 17.4 Å². The number of thiazole rings is 1. The lowest BCUT2D eigenvalue weighted by atomic mass is 10.1. The van der Waals surface area contributed by atoms with Gasteiger partial charge in [-0.2, -0.15) is 0 Å². The van der Waals surface area contributed by atoms with Crippen molar-refractivity contribution in [1.29, 1.82) is 0 Å². The maximum Gasteiger partial charge on any atom is 0.271 e. The van der Waals surface area contributed by atoms with Crippen molar-refractivity contribution >= 4 is 17.2 Å². The summed E-state index contributed by atoms with van der Waals surface area (Å²) in [6.07, 6.45) is 0.676. The molecule has 0 bridgehead atoms. The van der Waals surface area contributed by atoms with Gasteiger partial charge in [0, 0.05) is 18.3 Å². The smallest absolute Gasteiger partial charge is 0.271 e. The summed E-state index contributed by atoms with van der Waals surface area (Å²) in [5.74, 6) is -0.475. The van der Waals surface area contributed by atoms with Crippen LogP contribution < -0.4 is 11.1 Å². The van der Waals surface area contributed by atoms with Gasteiger partial charge >= 0.3 is 0 Å². The van der Waals surface area contributed by atoms with E-state index in [1.54, 1.807) is 24.4 Å². The van der Waals surface area contributed by atoms with Crippen molar-refractivity contribution in [2.24, 2.45) is 5.73 Å². The summed E-state index contributed by atoms with van der Waals surface area (Å²) in [4.78, 5) is 16.1. The third-order valence-electron chi connectivity index (χ3n) is 2.82. The molecule has 0 aliphatic carbocycles. The van der Waals surface area contributed by atoms with E-state index in [9.17, 15) is 9.18 Å². The Balaban J connectivity index is 1.95. The molecule has 2 aromatic rings. The largest absolute Gasteiger partial charge is 0.347 e. The molecule has 0 aliphatic rings. The molecule has 0 atom stereocenters. The number of aryl methyl sites for hydroxylation is 1. The van der Waals surface area contributed by atoms with Crippen molar-refractivity contribution in [1.82, 2.24) is 10.3 Å². The van der Waals surface area contributed by atoms with E-state index in [-0.39, 0.29) is 11.7 Å². The zero-order chi connectivity index (χ0) is 14.5. The summed E-state index contributed by atoms with van der Waals surface area (Å²) in [6, 6.07) is 4.78. The Morgan fingerprint density at radius 3 is 3.00 bits per heavy atom. The average molecular weight is 293 g/mol. The quantitative estimate of drug-likeness (QED) is 0.886. The van der Waals surface area contributed by atoms with Crippen molar-refractivity contribution in [3.63, 3.8) is 0 Å². The molecule has 20 heavy (non-hydrogen) atoms. The molecule has 0 unspecified atom stereocenters. The average Bonchev–Trinajstić information content (AvgIpc) is 2.89.